The van der Waals surface area contributed by atoms with E-state index in [-0.39, 0.29) is 11.7 Å². The third-order valence-corrected chi connectivity index (χ3v) is 4.11. The summed E-state index contributed by atoms with van der Waals surface area (Å²) in [5.41, 5.74) is 1.74. The van der Waals surface area contributed by atoms with E-state index in [9.17, 15) is 4.79 Å². The first-order chi connectivity index (χ1) is 9.84. The molecule has 1 aliphatic rings. The monoisotopic (exact) mass is 268 g/mol. The van der Waals surface area contributed by atoms with Crippen molar-refractivity contribution in [1.82, 2.24) is 9.78 Å². The van der Waals surface area contributed by atoms with E-state index in [1.165, 1.54) is 25.7 Å². The van der Waals surface area contributed by atoms with Gasteiger partial charge in [-0.15, -0.1) is 0 Å². The number of ketones is 1. The lowest BCUT2D eigenvalue weighted by molar-refractivity contribution is 0.0908. The SMILES string of the molecule is O=C(c1cnn(-c2ccccc2)c1)C1CCCCCC1. The number of benzene rings is 1. The summed E-state index contributed by atoms with van der Waals surface area (Å²) >= 11 is 0. The molecule has 1 heterocycles. The van der Waals surface area contributed by atoms with Crippen LogP contribution in [-0.4, -0.2) is 15.6 Å². The first kappa shape index (κ1) is 13.1. The molecule has 3 nitrogen and oxygen atoms in total. The minimum absolute atomic E-state index is 0.200. The molecule has 1 aromatic heterocycles. The summed E-state index contributed by atoms with van der Waals surface area (Å²) in [6.07, 6.45) is 10.6. The van der Waals surface area contributed by atoms with E-state index in [0.29, 0.717) is 0 Å². The smallest absolute Gasteiger partial charge is 0.169 e. The first-order valence-corrected chi connectivity index (χ1v) is 7.49. The Bertz CT molecular complexity index is 566. The van der Waals surface area contributed by atoms with Crippen molar-refractivity contribution in [3.05, 3.63) is 48.3 Å². The Balaban J connectivity index is 1.77. The van der Waals surface area contributed by atoms with E-state index >= 15 is 0 Å². The highest BCUT2D eigenvalue weighted by Crippen LogP contribution is 2.26. The van der Waals surface area contributed by atoms with Gasteiger partial charge in [-0.25, -0.2) is 4.68 Å². The molecule has 3 heteroatoms. The van der Waals surface area contributed by atoms with Gasteiger partial charge in [-0.2, -0.15) is 5.10 Å². The molecule has 1 aromatic carbocycles. The van der Waals surface area contributed by atoms with Crippen molar-refractivity contribution in [3.63, 3.8) is 0 Å². The number of hydrogen-bond acceptors (Lipinski definition) is 2. The van der Waals surface area contributed by atoms with Crippen LogP contribution in [0, 0.1) is 5.92 Å². The summed E-state index contributed by atoms with van der Waals surface area (Å²) < 4.78 is 1.78. The van der Waals surface area contributed by atoms with Crippen LogP contribution in [-0.2, 0) is 0 Å². The van der Waals surface area contributed by atoms with Gasteiger partial charge < -0.3 is 0 Å². The number of rotatable bonds is 3. The maximum Gasteiger partial charge on any atom is 0.169 e. The highest BCUT2D eigenvalue weighted by atomic mass is 16.1. The molecule has 20 heavy (non-hydrogen) atoms. The molecule has 0 radical (unpaired) electrons. The zero-order valence-electron chi connectivity index (χ0n) is 11.7. The maximum atomic E-state index is 12.5. The third-order valence-electron chi connectivity index (χ3n) is 4.11. The van der Waals surface area contributed by atoms with Crippen LogP contribution in [0.15, 0.2) is 42.7 Å². The average Bonchev–Trinajstić information content (AvgIpc) is 2.83. The Labute approximate surface area is 119 Å². The number of aromatic nitrogens is 2. The predicted octanol–water partition coefficient (Wildman–Crippen LogP) is 4.03. The Morgan fingerprint density at radius 1 is 1.05 bits per heavy atom. The van der Waals surface area contributed by atoms with Crippen LogP contribution in [0.4, 0.5) is 0 Å². The second kappa shape index (κ2) is 6.04. The fraction of sp³-hybridized carbons (Fsp3) is 0.412. The molecule has 104 valence electrons. The van der Waals surface area contributed by atoms with Crippen LogP contribution in [0.2, 0.25) is 0 Å². The number of Topliss-reactive ketones (excluding diaryl/α,β-unsaturated/α-hetero) is 1. The Morgan fingerprint density at radius 2 is 1.75 bits per heavy atom. The van der Waals surface area contributed by atoms with Crippen LogP contribution >= 0.6 is 0 Å². The molecular formula is C17H20N2O. The average molecular weight is 268 g/mol. The number of para-hydroxylation sites is 1. The molecule has 0 amide bonds. The summed E-state index contributed by atoms with van der Waals surface area (Å²) in [7, 11) is 0. The lowest BCUT2D eigenvalue weighted by Crippen LogP contribution is -2.13. The number of carbonyl (C=O) groups is 1. The molecule has 0 bridgehead atoms. The normalized spacial score (nSPS) is 16.8. The lowest BCUT2D eigenvalue weighted by atomic mass is 9.92. The van der Waals surface area contributed by atoms with Crippen molar-refractivity contribution in [3.8, 4) is 5.69 Å². The Kier molecular flexibility index (Phi) is 3.95. The van der Waals surface area contributed by atoms with Gasteiger partial charge in [0, 0.05) is 12.1 Å². The van der Waals surface area contributed by atoms with E-state index < -0.39 is 0 Å². The Hall–Kier alpha value is -1.90. The largest absolute Gasteiger partial charge is 0.294 e. The van der Waals surface area contributed by atoms with Gasteiger partial charge in [-0.05, 0) is 25.0 Å². The molecular weight excluding hydrogens is 248 g/mol. The van der Waals surface area contributed by atoms with Gasteiger partial charge in [0.1, 0.15) is 0 Å². The minimum atomic E-state index is 0.200. The molecule has 3 rings (SSSR count). The molecule has 1 fully saturated rings. The molecule has 1 saturated carbocycles. The fourth-order valence-electron chi connectivity index (χ4n) is 2.95. The fourth-order valence-corrected chi connectivity index (χ4v) is 2.95. The van der Waals surface area contributed by atoms with E-state index in [4.69, 9.17) is 0 Å². The summed E-state index contributed by atoms with van der Waals surface area (Å²) in [5.74, 6) is 0.472. The van der Waals surface area contributed by atoms with Crippen LogP contribution in [0.25, 0.3) is 5.69 Å². The van der Waals surface area contributed by atoms with Crippen molar-refractivity contribution in [1.29, 1.82) is 0 Å². The van der Waals surface area contributed by atoms with Crippen LogP contribution < -0.4 is 0 Å². The molecule has 2 aromatic rings. The van der Waals surface area contributed by atoms with Crippen molar-refractivity contribution >= 4 is 5.78 Å². The quantitative estimate of drug-likeness (QED) is 0.622. The highest BCUT2D eigenvalue weighted by Gasteiger charge is 2.22. The molecule has 0 atom stereocenters. The highest BCUT2D eigenvalue weighted by molar-refractivity contribution is 5.97. The number of nitrogens with zero attached hydrogens (tertiary/aromatic N) is 2. The summed E-state index contributed by atoms with van der Waals surface area (Å²) in [4.78, 5) is 12.5. The van der Waals surface area contributed by atoms with Gasteiger partial charge in [0.25, 0.3) is 0 Å². The standard InChI is InChI=1S/C17H20N2O/c20-17(14-8-4-1-2-5-9-14)15-12-18-19(13-15)16-10-6-3-7-11-16/h3,6-7,10-14H,1-2,4-5,8-9H2. The van der Waals surface area contributed by atoms with Gasteiger partial charge in [0.2, 0.25) is 0 Å². The second-order valence-electron chi connectivity index (χ2n) is 5.56. The van der Waals surface area contributed by atoms with Gasteiger partial charge >= 0.3 is 0 Å². The van der Waals surface area contributed by atoms with Gasteiger partial charge in [-0.1, -0.05) is 43.9 Å². The maximum absolute atomic E-state index is 12.5. The zero-order chi connectivity index (χ0) is 13.8. The predicted molar refractivity (Wildman–Crippen MR) is 79.1 cm³/mol. The second-order valence-corrected chi connectivity index (χ2v) is 5.56. The van der Waals surface area contributed by atoms with Gasteiger partial charge in [0.05, 0.1) is 17.4 Å². The van der Waals surface area contributed by atoms with Crippen molar-refractivity contribution in [2.75, 3.05) is 0 Å². The molecule has 0 saturated heterocycles. The van der Waals surface area contributed by atoms with Gasteiger partial charge in [0.15, 0.2) is 5.78 Å². The van der Waals surface area contributed by atoms with Crippen molar-refractivity contribution < 1.29 is 4.79 Å². The minimum Gasteiger partial charge on any atom is -0.294 e. The van der Waals surface area contributed by atoms with Crippen LogP contribution in [0.1, 0.15) is 48.9 Å². The van der Waals surface area contributed by atoms with E-state index in [0.717, 1.165) is 24.1 Å². The molecule has 0 N–H and O–H groups in total. The van der Waals surface area contributed by atoms with E-state index in [2.05, 4.69) is 5.10 Å². The van der Waals surface area contributed by atoms with Crippen molar-refractivity contribution in [2.45, 2.75) is 38.5 Å². The summed E-state index contributed by atoms with van der Waals surface area (Å²) in [6.45, 7) is 0. The first-order valence-electron chi connectivity index (χ1n) is 7.49. The van der Waals surface area contributed by atoms with Gasteiger partial charge in [-0.3, -0.25) is 4.79 Å². The number of carbonyl (C=O) groups excluding carboxylic acids is 1. The topological polar surface area (TPSA) is 34.9 Å². The van der Waals surface area contributed by atoms with Crippen molar-refractivity contribution in [2.24, 2.45) is 5.92 Å². The van der Waals surface area contributed by atoms with E-state index in [1.54, 1.807) is 10.9 Å². The molecule has 0 aliphatic heterocycles. The lowest BCUT2D eigenvalue weighted by Gasteiger charge is -2.10. The summed E-state index contributed by atoms with van der Waals surface area (Å²) in [6, 6.07) is 9.91. The summed E-state index contributed by atoms with van der Waals surface area (Å²) in [5, 5.41) is 4.32. The zero-order valence-corrected chi connectivity index (χ0v) is 11.7. The molecule has 1 aliphatic carbocycles. The molecule has 0 unspecified atom stereocenters. The third kappa shape index (κ3) is 2.82. The van der Waals surface area contributed by atoms with Crippen LogP contribution in [0.3, 0.4) is 0 Å². The molecule has 0 spiro atoms. The van der Waals surface area contributed by atoms with E-state index in [1.807, 2.05) is 36.5 Å². The Morgan fingerprint density at radius 3 is 2.45 bits per heavy atom. The van der Waals surface area contributed by atoms with Crippen LogP contribution in [0.5, 0.6) is 0 Å². The number of hydrogen-bond donors (Lipinski definition) is 0.